The highest BCUT2D eigenvalue weighted by atomic mass is 35.5. The number of hydrogen-bond donors (Lipinski definition) is 1. The van der Waals surface area contributed by atoms with E-state index in [1.807, 2.05) is 18.2 Å². The fourth-order valence-electron chi connectivity index (χ4n) is 2.42. The highest BCUT2D eigenvalue weighted by Gasteiger charge is 2.22. The molecular formula is C18H18ClNO4S. The number of halogens is 1. The number of benzene rings is 2. The van der Waals surface area contributed by atoms with Crippen LogP contribution in [0.1, 0.15) is 12.5 Å². The maximum absolute atomic E-state index is 12.6. The quantitative estimate of drug-likeness (QED) is 0.864. The van der Waals surface area contributed by atoms with Gasteiger partial charge in [-0.15, -0.1) is 0 Å². The van der Waals surface area contributed by atoms with Crippen LogP contribution >= 0.6 is 11.6 Å². The summed E-state index contributed by atoms with van der Waals surface area (Å²) in [5.41, 5.74) is 1.42. The van der Waals surface area contributed by atoms with Crippen LogP contribution in [0.15, 0.2) is 42.5 Å². The Labute approximate surface area is 153 Å². The Morgan fingerprint density at radius 3 is 2.72 bits per heavy atom. The Morgan fingerprint density at radius 2 is 1.96 bits per heavy atom. The molecule has 0 aliphatic carbocycles. The SMILES string of the molecule is C[C@H](C(=O)Nc1ccccc1)[S@@](=O)Cc1cc(Cl)c2c(c1)OCCO2. The van der Waals surface area contributed by atoms with Crippen LogP contribution in [-0.2, 0) is 21.3 Å². The number of nitrogens with one attached hydrogen (secondary N) is 1. The minimum absolute atomic E-state index is 0.208. The van der Waals surface area contributed by atoms with E-state index in [-0.39, 0.29) is 11.7 Å². The van der Waals surface area contributed by atoms with E-state index in [0.717, 1.165) is 5.56 Å². The highest BCUT2D eigenvalue weighted by Crippen LogP contribution is 2.38. The lowest BCUT2D eigenvalue weighted by Crippen LogP contribution is -2.29. The molecule has 7 heteroatoms. The monoisotopic (exact) mass is 379 g/mol. The van der Waals surface area contributed by atoms with Crippen LogP contribution in [0.3, 0.4) is 0 Å². The number of ether oxygens (including phenoxy) is 2. The molecule has 0 aromatic heterocycles. The van der Waals surface area contributed by atoms with E-state index in [2.05, 4.69) is 5.32 Å². The molecule has 0 saturated carbocycles. The summed E-state index contributed by atoms with van der Waals surface area (Å²) < 4.78 is 23.6. The third-order valence-corrected chi connectivity index (χ3v) is 5.67. The first-order chi connectivity index (χ1) is 12.0. The van der Waals surface area contributed by atoms with Crippen molar-refractivity contribution < 1.29 is 18.5 Å². The van der Waals surface area contributed by atoms with E-state index >= 15 is 0 Å². The molecule has 1 aliphatic rings. The number of hydrogen-bond acceptors (Lipinski definition) is 4. The van der Waals surface area contributed by atoms with Crippen LogP contribution in [-0.4, -0.2) is 28.6 Å². The first-order valence-electron chi connectivity index (χ1n) is 7.85. The smallest absolute Gasteiger partial charge is 0.239 e. The van der Waals surface area contributed by atoms with E-state index < -0.39 is 16.0 Å². The van der Waals surface area contributed by atoms with Gasteiger partial charge in [0.15, 0.2) is 11.5 Å². The van der Waals surface area contributed by atoms with Crippen molar-refractivity contribution in [2.45, 2.75) is 17.9 Å². The molecule has 2 atom stereocenters. The van der Waals surface area contributed by atoms with Gasteiger partial charge in [-0.2, -0.15) is 0 Å². The first-order valence-corrected chi connectivity index (χ1v) is 9.61. The Hall–Kier alpha value is -2.05. The van der Waals surface area contributed by atoms with Crippen molar-refractivity contribution in [1.29, 1.82) is 0 Å². The number of amides is 1. The van der Waals surface area contributed by atoms with Gasteiger partial charge in [0.05, 0.1) is 5.02 Å². The summed E-state index contributed by atoms with van der Waals surface area (Å²) in [5, 5.41) is 2.53. The molecule has 0 saturated heterocycles. The maximum Gasteiger partial charge on any atom is 0.239 e. The molecule has 1 aliphatic heterocycles. The lowest BCUT2D eigenvalue weighted by molar-refractivity contribution is -0.115. The van der Waals surface area contributed by atoms with Crippen molar-refractivity contribution in [3.8, 4) is 11.5 Å². The number of carbonyl (C=O) groups is 1. The normalized spacial score (nSPS) is 15.3. The first kappa shape index (κ1) is 17.8. The van der Waals surface area contributed by atoms with E-state index in [4.69, 9.17) is 21.1 Å². The van der Waals surface area contributed by atoms with Gasteiger partial charge in [0.1, 0.15) is 18.5 Å². The maximum atomic E-state index is 12.6. The molecule has 25 heavy (non-hydrogen) atoms. The van der Waals surface area contributed by atoms with Crippen molar-refractivity contribution in [3.05, 3.63) is 53.1 Å². The average molecular weight is 380 g/mol. The lowest BCUT2D eigenvalue weighted by Gasteiger charge is -2.20. The van der Waals surface area contributed by atoms with Crippen LogP contribution in [0.2, 0.25) is 5.02 Å². The molecular weight excluding hydrogens is 362 g/mol. The highest BCUT2D eigenvalue weighted by molar-refractivity contribution is 7.85. The van der Waals surface area contributed by atoms with Crippen LogP contribution < -0.4 is 14.8 Å². The zero-order valence-electron chi connectivity index (χ0n) is 13.7. The second-order valence-electron chi connectivity index (χ2n) is 5.62. The number of para-hydroxylation sites is 1. The summed E-state index contributed by atoms with van der Waals surface area (Å²) in [6.07, 6.45) is 0. The van der Waals surface area contributed by atoms with Gasteiger partial charge in [0, 0.05) is 22.2 Å². The van der Waals surface area contributed by atoms with Crippen molar-refractivity contribution >= 4 is 34.0 Å². The summed E-state index contributed by atoms with van der Waals surface area (Å²) in [5.74, 6) is 0.984. The van der Waals surface area contributed by atoms with Crippen LogP contribution in [0.4, 0.5) is 5.69 Å². The number of anilines is 1. The molecule has 5 nitrogen and oxygen atoms in total. The summed E-state index contributed by atoms with van der Waals surface area (Å²) in [6, 6.07) is 12.6. The second-order valence-corrected chi connectivity index (χ2v) is 7.79. The van der Waals surface area contributed by atoms with Gasteiger partial charge in [0.2, 0.25) is 5.91 Å². The lowest BCUT2D eigenvalue weighted by atomic mass is 10.2. The predicted molar refractivity (Wildman–Crippen MR) is 98.8 cm³/mol. The molecule has 132 valence electrons. The van der Waals surface area contributed by atoms with Gasteiger partial charge in [0.25, 0.3) is 0 Å². The van der Waals surface area contributed by atoms with Gasteiger partial charge in [-0.25, -0.2) is 0 Å². The Balaban J connectivity index is 1.67. The topological polar surface area (TPSA) is 64.6 Å². The van der Waals surface area contributed by atoms with Crippen molar-refractivity contribution in [3.63, 3.8) is 0 Å². The Bertz CT molecular complexity index is 797. The molecule has 2 aromatic rings. The third-order valence-electron chi connectivity index (χ3n) is 3.77. The van der Waals surface area contributed by atoms with Crippen LogP contribution in [0.5, 0.6) is 11.5 Å². The molecule has 1 N–H and O–H groups in total. The zero-order chi connectivity index (χ0) is 17.8. The fourth-order valence-corrected chi connectivity index (χ4v) is 3.75. The van der Waals surface area contributed by atoms with E-state index in [9.17, 15) is 9.00 Å². The fraction of sp³-hybridized carbons (Fsp3) is 0.278. The molecule has 0 bridgehead atoms. The van der Waals surface area contributed by atoms with Crippen molar-refractivity contribution in [2.24, 2.45) is 0 Å². The minimum Gasteiger partial charge on any atom is -0.486 e. The van der Waals surface area contributed by atoms with Gasteiger partial charge >= 0.3 is 0 Å². The Kier molecular flexibility index (Phi) is 5.60. The molecule has 2 aromatic carbocycles. The number of carbonyl (C=O) groups excluding carboxylic acids is 1. The molecule has 0 fully saturated rings. The van der Waals surface area contributed by atoms with E-state index in [1.54, 1.807) is 31.2 Å². The number of rotatable bonds is 5. The van der Waals surface area contributed by atoms with Gasteiger partial charge < -0.3 is 14.8 Å². The van der Waals surface area contributed by atoms with Crippen molar-refractivity contribution in [1.82, 2.24) is 0 Å². The van der Waals surface area contributed by atoms with Crippen molar-refractivity contribution in [2.75, 3.05) is 18.5 Å². The molecule has 0 unspecified atom stereocenters. The van der Waals surface area contributed by atoms with Gasteiger partial charge in [-0.05, 0) is 36.8 Å². The van der Waals surface area contributed by atoms with Gasteiger partial charge in [-0.3, -0.25) is 9.00 Å². The third kappa shape index (κ3) is 4.32. The molecule has 1 amide bonds. The summed E-state index contributed by atoms with van der Waals surface area (Å²) in [4.78, 5) is 12.3. The van der Waals surface area contributed by atoms with E-state index in [0.29, 0.717) is 35.4 Å². The number of fused-ring (bicyclic) bond motifs is 1. The van der Waals surface area contributed by atoms with Gasteiger partial charge in [-0.1, -0.05) is 29.8 Å². The largest absolute Gasteiger partial charge is 0.486 e. The zero-order valence-corrected chi connectivity index (χ0v) is 15.2. The average Bonchev–Trinajstić information content (AvgIpc) is 2.62. The van der Waals surface area contributed by atoms with Crippen LogP contribution in [0.25, 0.3) is 0 Å². The minimum atomic E-state index is -1.40. The molecule has 0 radical (unpaired) electrons. The molecule has 3 rings (SSSR count). The second kappa shape index (κ2) is 7.89. The Morgan fingerprint density at radius 1 is 1.24 bits per heavy atom. The standard InChI is InChI=1S/C18H18ClNO4S/c1-12(18(21)20-14-5-3-2-4-6-14)25(22)11-13-9-15(19)17-16(10-13)23-7-8-24-17/h2-6,9-10,12H,7-8,11H2,1H3,(H,20,21)/t12-,25+/m1/s1. The molecule has 1 heterocycles. The molecule has 0 spiro atoms. The summed E-state index contributed by atoms with van der Waals surface area (Å²) in [6.45, 7) is 2.55. The predicted octanol–water partition coefficient (Wildman–Crippen LogP) is 3.39. The van der Waals surface area contributed by atoms with Crippen LogP contribution in [0, 0.1) is 0 Å². The van der Waals surface area contributed by atoms with E-state index in [1.165, 1.54) is 0 Å². The summed E-state index contributed by atoms with van der Waals surface area (Å²) >= 11 is 6.20. The summed E-state index contributed by atoms with van der Waals surface area (Å²) in [7, 11) is -1.40.